The third kappa shape index (κ3) is 2.78. The van der Waals surface area contributed by atoms with Crippen LogP contribution in [0.2, 0.25) is 0 Å². The van der Waals surface area contributed by atoms with E-state index in [0.717, 1.165) is 0 Å². The van der Waals surface area contributed by atoms with Crippen LogP contribution in [0.1, 0.15) is 21.1 Å². The Hall–Kier alpha value is -2.53. The topological polar surface area (TPSA) is 118 Å². The van der Waals surface area contributed by atoms with E-state index in [9.17, 15) is 4.79 Å². The number of carbonyl (C=O) groups excluding carboxylic acids is 1. The Labute approximate surface area is 106 Å². The van der Waals surface area contributed by atoms with E-state index in [4.69, 9.17) is 11.0 Å². The molecule has 0 saturated heterocycles. The Morgan fingerprint density at radius 3 is 2.89 bits per heavy atom. The van der Waals surface area contributed by atoms with Crippen LogP contribution in [0.25, 0.3) is 0 Å². The summed E-state index contributed by atoms with van der Waals surface area (Å²) in [6, 6.07) is 4.90. The molecular formula is C10H8N6OS. The zero-order valence-corrected chi connectivity index (χ0v) is 9.94. The van der Waals surface area contributed by atoms with Gasteiger partial charge in [0, 0.05) is 6.20 Å². The largest absolute Gasteiger partial charge is 0.374 e. The van der Waals surface area contributed by atoms with Crippen LogP contribution in [-0.2, 0) is 6.54 Å². The van der Waals surface area contributed by atoms with Crippen LogP contribution in [0.5, 0.6) is 0 Å². The third-order valence-corrected chi connectivity index (χ3v) is 2.78. The molecule has 90 valence electrons. The van der Waals surface area contributed by atoms with Crippen molar-refractivity contribution >= 4 is 22.4 Å². The number of pyridine rings is 1. The number of nitrogens with two attached hydrogens (primary N) is 1. The molecule has 2 aromatic heterocycles. The molecule has 0 aliphatic rings. The highest BCUT2D eigenvalue weighted by molar-refractivity contribution is 7.15. The monoisotopic (exact) mass is 260 g/mol. The van der Waals surface area contributed by atoms with E-state index in [2.05, 4.69) is 20.5 Å². The fourth-order valence-corrected chi connectivity index (χ4v) is 1.74. The van der Waals surface area contributed by atoms with Gasteiger partial charge < -0.3 is 11.1 Å². The maximum atomic E-state index is 11.7. The first-order chi connectivity index (χ1) is 8.69. The number of nitrogens with zero attached hydrogens (tertiary/aromatic N) is 4. The lowest BCUT2D eigenvalue weighted by molar-refractivity contribution is 0.0950. The maximum Gasteiger partial charge on any atom is 0.253 e. The Bertz CT molecular complexity index is 600. The van der Waals surface area contributed by atoms with Crippen molar-refractivity contribution in [2.75, 3.05) is 5.73 Å². The van der Waals surface area contributed by atoms with Crippen molar-refractivity contribution in [1.82, 2.24) is 20.5 Å². The summed E-state index contributed by atoms with van der Waals surface area (Å²) < 4.78 is 0. The van der Waals surface area contributed by atoms with Gasteiger partial charge in [0.1, 0.15) is 16.8 Å². The van der Waals surface area contributed by atoms with Crippen molar-refractivity contribution in [2.45, 2.75) is 6.54 Å². The molecule has 2 aromatic rings. The predicted octanol–water partition coefficient (Wildman–Crippen LogP) is 0.317. The number of anilines is 1. The van der Waals surface area contributed by atoms with E-state index < -0.39 is 0 Å². The van der Waals surface area contributed by atoms with Gasteiger partial charge in [-0.2, -0.15) is 5.26 Å². The lowest BCUT2D eigenvalue weighted by atomic mass is 10.2. The Balaban J connectivity index is 1.97. The molecule has 0 atom stereocenters. The summed E-state index contributed by atoms with van der Waals surface area (Å²) in [5.74, 6) is -0.291. The van der Waals surface area contributed by atoms with Gasteiger partial charge in [0.2, 0.25) is 5.13 Å². The molecule has 0 aliphatic heterocycles. The minimum absolute atomic E-state index is 0.258. The molecule has 0 spiro atoms. The summed E-state index contributed by atoms with van der Waals surface area (Å²) in [5.41, 5.74) is 6.07. The third-order valence-electron chi connectivity index (χ3n) is 2.02. The predicted molar refractivity (Wildman–Crippen MR) is 64.4 cm³/mol. The standard InChI is InChI=1S/C10H8N6OS/c11-3-7-2-1-6(4-13-7)9(17)14-5-8-15-16-10(12)18-8/h1-2,4H,5H2,(H2,12,16)(H,14,17). The van der Waals surface area contributed by atoms with Gasteiger partial charge in [-0.05, 0) is 12.1 Å². The van der Waals surface area contributed by atoms with E-state index in [1.54, 1.807) is 0 Å². The molecule has 3 N–H and O–H groups in total. The molecule has 1 amide bonds. The quantitative estimate of drug-likeness (QED) is 0.820. The van der Waals surface area contributed by atoms with Gasteiger partial charge in [-0.15, -0.1) is 10.2 Å². The molecule has 0 saturated carbocycles. The van der Waals surface area contributed by atoms with Crippen molar-refractivity contribution in [3.63, 3.8) is 0 Å². The van der Waals surface area contributed by atoms with Crippen molar-refractivity contribution in [3.05, 3.63) is 34.6 Å². The minimum Gasteiger partial charge on any atom is -0.374 e. The second-order valence-corrected chi connectivity index (χ2v) is 4.35. The van der Waals surface area contributed by atoms with E-state index in [1.807, 2.05) is 6.07 Å². The zero-order valence-electron chi connectivity index (χ0n) is 9.12. The second kappa shape index (κ2) is 5.20. The number of nitrogen functional groups attached to an aromatic ring is 1. The molecule has 2 heterocycles. The van der Waals surface area contributed by atoms with E-state index in [1.165, 1.54) is 29.7 Å². The highest BCUT2D eigenvalue weighted by Gasteiger charge is 2.07. The number of hydrogen-bond acceptors (Lipinski definition) is 7. The van der Waals surface area contributed by atoms with Gasteiger partial charge >= 0.3 is 0 Å². The first kappa shape index (κ1) is 11.9. The average Bonchev–Trinajstić information content (AvgIpc) is 2.82. The smallest absolute Gasteiger partial charge is 0.253 e. The minimum atomic E-state index is -0.291. The number of carbonyl (C=O) groups is 1. The molecule has 0 bridgehead atoms. The van der Waals surface area contributed by atoms with Crippen molar-refractivity contribution in [3.8, 4) is 6.07 Å². The first-order valence-corrected chi connectivity index (χ1v) is 5.73. The molecule has 8 heteroatoms. The summed E-state index contributed by atoms with van der Waals surface area (Å²) in [7, 11) is 0. The molecule has 0 unspecified atom stereocenters. The maximum absolute atomic E-state index is 11.7. The molecule has 0 radical (unpaired) electrons. The molecule has 0 fully saturated rings. The molecular weight excluding hydrogens is 252 g/mol. The molecule has 0 aliphatic carbocycles. The molecule has 18 heavy (non-hydrogen) atoms. The fraction of sp³-hybridized carbons (Fsp3) is 0.100. The number of hydrogen-bond donors (Lipinski definition) is 2. The van der Waals surface area contributed by atoms with Gasteiger partial charge in [0.05, 0.1) is 12.1 Å². The summed E-state index contributed by atoms with van der Waals surface area (Å²) in [5, 5.41) is 19.6. The SMILES string of the molecule is N#Cc1ccc(C(=O)NCc2nnc(N)s2)cn1. The van der Waals surface area contributed by atoms with Crippen molar-refractivity contribution in [1.29, 1.82) is 5.26 Å². The van der Waals surface area contributed by atoms with Crippen LogP contribution in [0, 0.1) is 11.3 Å². The van der Waals surface area contributed by atoms with Gasteiger partial charge in [-0.3, -0.25) is 4.79 Å². The lowest BCUT2D eigenvalue weighted by Gasteiger charge is -2.01. The summed E-state index contributed by atoms with van der Waals surface area (Å²) in [6.07, 6.45) is 1.35. The van der Waals surface area contributed by atoms with Gasteiger partial charge in [-0.1, -0.05) is 11.3 Å². The van der Waals surface area contributed by atoms with Gasteiger partial charge in [-0.25, -0.2) is 4.98 Å². The van der Waals surface area contributed by atoms with Crippen LogP contribution in [0.3, 0.4) is 0 Å². The molecule has 2 rings (SSSR count). The number of nitrogens with one attached hydrogen (secondary N) is 1. The van der Waals surface area contributed by atoms with Crippen LogP contribution in [0.15, 0.2) is 18.3 Å². The zero-order chi connectivity index (χ0) is 13.0. The van der Waals surface area contributed by atoms with E-state index in [-0.39, 0.29) is 18.1 Å². The van der Waals surface area contributed by atoms with Crippen LogP contribution >= 0.6 is 11.3 Å². The number of rotatable bonds is 3. The van der Waals surface area contributed by atoms with Crippen LogP contribution < -0.4 is 11.1 Å². The highest BCUT2D eigenvalue weighted by atomic mass is 32.1. The molecule has 7 nitrogen and oxygen atoms in total. The Morgan fingerprint density at radius 1 is 1.50 bits per heavy atom. The van der Waals surface area contributed by atoms with Crippen LogP contribution in [0.4, 0.5) is 5.13 Å². The number of aromatic nitrogens is 3. The van der Waals surface area contributed by atoms with E-state index >= 15 is 0 Å². The van der Waals surface area contributed by atoms with Gasteiger partial charge in [0.15, 0.2) is 0 Å². The van der Waals surface area contributed by atoms with Crippen molar-refractivity contribution < 1.29 is 4.79 Å². The fourth-order valence-electron chi connectivity index (χ4n) is 1.19. The van der Waals surface area contributed by atoms with Crippen molar-refractivity contribution in [2.24, 2.45) is 0 Å². The van der Waals surface area contributed by atoms with Gasteiger partial charge in [0.25, 0.3) is 5.91 Å². The molecule has 0 aromatic carbocycles. The normalized spacial score (nSPS) is 9.72. The highest BCUT2D eigenvalue weighted by Crippen LogP contribution is 2.10. The van der Waals surface area contributed by atoms with E-state index in [0.29, 0.717) is 15.7 Å². The number of amides is 1. The van der Waals surface area contributed by atoms with Crippen LogP contribution in [-0.4, -0.2) is 21.1 Å². The summed E-state index contributed by atoms with van der Waals surface area (Å²) >= 11 is 1.21. The lowest BCUT2D eigenvalue weighted by Crippen LogP contribution is -2.22. The second-order valence-electron chi connectivity index (χ2n) is 3.26. The summed E-state index contributed by atoms with van der Waals surface area (Å²) in [6.45, 7) is 0.258. The first-order valence-electron chi connectivity index (χ1n) is 4.91. The summed E-state index contributed by atoms with van der Waals surface area (Å²) in [4.78, 5) is 15.5. The average molecular weight is 260 g/mol. The number of nitriles is 1. The Morgan fingerprint density at radius 2 is 2.33 bits per heavy atom. The Kier molecular flexibility index (Phi) is 3.45.